The van der Waals surface area contributed by atoms with E-state index in [1.165, 1.54) is 0 Å². The van der Waals surface area contributed by atoms with Crippen LogP contribution in [0.25, 0.3) is 0 Å². The molecule has 1 rings (SSSR count). The first kappa shape index (κ1) is 12.1. The summed E-state index contributed by atoms with van der Waals surface area (Å²) in [6, 6.07) is 0. The summed E-state index contributed by atoms with van der Waals surface area (Å²) in [5.74, 6) is 0. The summed E-state index contributed by atoms with van der Waals surface area (Å²) in [7, 11) is -0.587. The van der Waals surface area contributed by atoms with Crippen LogP contribution in [0.5, 0.6) is 0 Å². The second-order valence-electron chi connectivity index (χ2n) is 1.36. The molecule has 58 valence electrons. The van der Waals surface area contributed by atoms with Crippen molar-refractivity contribution < 1.29 is 74.2 Å². The summed E-state index contributed by atoms with van der Waals surface area (Å²) in [5.41, 5.74) is 0. The minimum atomic E-state index is -6.08. The Morgan fingerprint density at radius 1 is 1.60 bits per heavy atom. The standard InChI is InChI=1S/ClF2HNO3PS.K.H/c1-9(5,6)8(2,3)4-7-8;;/h4H;;/q;+1;-1. The Morgan fingerprint density at radius 2 is 1.90 bits per heavy atom. The molecule has 0 aromatic heterocycles. The molecule has 0 radical (unpaired) electrons. The first-order valence-electron chi connectivity index (χ1n) is 1.62. The zero-order valence-electron chi connectivity index (χ0n) is 5.71. The number of nitrogens with one attached hydrogen (secondary N) is 1. The van der Waals surface area contributed by atoms with Crippen molar-refractivity contribution in [1.82, 2.24) is 5.25 Å². The largest absolute Gasteiger partial charge is 1.00 e. The Balaban J connectivity index is 0. The second kappa shape index (κ2) is 2.80. The van der Waals surface area contributed by atoms with Crippen LogP contribution >= 0.6 is 17.5 Å². The average molecular weight is 240 g/mol. The van der Waals surface area contributed by atoms with Gasteiger partial charge in [-0.25, -0.2) is 0 Å². The van der Waals surface area contributed by atoms with Gasteiger partial charge in [0.1, 0.15) is 0 Å². The van der Waals surface area contributed by atoms with E-state index in [0.29, 0.717) is 0 Å². The Kier molecular flexibility index (Phi) is 3.38. The van der Waals surface area contributed by atoms with E-state index in [2.05, 4.69) is 15.3 Å². The van der Waals surface area contributed by atoms with Crippen LogP contribution in [0.15, 0.2) is 0 Å². The second-order valence-corrected chi connectivity index (χ2v) is 9.21. The van der Waals surface area contributed by atoms with Gasteiger partial charge in [0, 0.05) is 0 Å². The number of hydrogen-bond acceptors (Lipinski definition) is 4. The van der Waals surface area contributed by atoms with E-state index in [1.807, 2.05) is 0 Å². The monoisotopic (exact) mass is 239 g/mol. The van der Waals surface area contributed by atoms with Gasteiger partial charge in [0.2, 0.25) is 0 Å². The van der Waals surface area contributed by atoms with Crippen LogP contribution in [0.1, 0.15) is 1.43 Å². The van der Waals surface area contributed by atoms with E-state index < -0.39 is 15.5 Å². The quantitative estimate of drug-likeness (QED) is 0.256. The summed E-state index contributed by atoms with van der Waals surface area (Å²) in [5, 5.41) is 1.00. The molecule has 10 heteroatoms. The van der Waals surface area contributed by atoms with Crippen molar-refractivity contribution in [3.8, 4) is 0 Å². The normalized spacial score (nSPS) is 30.9. The molecular weight excluding hydrogens is 238 g/mol. The van der Waals surface area contributed by atoms with E-state index >= 15 is 0 Å². The van der Waals surface area contributed by atoms with Crippen molar-refractivity contribution in [2.75, 3.05) is 0 Å². The third-order valence-electron chi connectivity index (χ3n) is 0.667. The predicted octanol–water partition coefficient (Wildman–Crippen LogP) is -1.73. The van der Waals surface area contributed by atoms with E-state index in [1.54, 1.807) is 0 Å². The van der Waals surface area contributed by atoms with Crippen LogP contribution in [-0.4, -0.2) is 8.42 Å². The molecule has 10 heavy (non-hydrogen) atoms. The van der Waals surface area contributed by atoms with Gasteiger partial charge in [-0.3, -0.25) is 0 Å². The summed E-state index contributed by atoms with van der Waals surface area (Å²) >= 11 is 0. The van der Waals surface area contributed by atoms with Crippen LogP contribution in [0.4, 0.5) is 8.39 Å². The van der Waals surface area contributed by atoms with Crippen molar-refractivity contribution in [3.63, 3.8) is 0 Å². The summed E-state index contributed by atoms with van der Waals surface area (Å²) in [6.45, 7) is -6.08. The SMILES string of the molecule is O=S(=O)(Cl)P1(F)(F)NO1.[H-].[K+]. The number of halogens is 3. The Bertz CT molecular complexity index is 248. The maximum Gasteiger partial charge on any atom is 1.00 e. The molecule has 0 spiro atoms. The fraction of sp³-hybridized carbons (Fsp3) is 0. The molecule has 4 nitrogen and oxygen atoms in total. The van der Waals surface area contributed by atoms with Crippen LogP contribution in [0.2, 0.25) is 0 Å². The molecule has 0 unspecified atom stereocenters. The zero-order chi connectivity index (χ0) is 7.36. The maximum atomic E-state index is 12.1. The van der Waals surface area contributed by atoms with E-state index in [9.17, 15) is 16.8 Å². The maximum absolute atomic E-state index is 12.1. The molecule has 1 N–H and O–H groups in total. The molecule has 0 amide bonds. The molecule has 0 aromatic rings. The van der Waals surface area contributed by atoms with Crippen LogP contribution in [0, 0.1) is 0 Å². The topological polar surface area (TPSA) is 68.6 Å². The first-order chi connectivity index (χ1) is 3.75. The smallest absolute Gasteiger partial charge is 1.00 e. The van der Waals surface area contributed by atoms with Gasteiger partial charge >= 0.3 is 104 Å². The van der Waals surface area contributed by atoms with Gasteiger partial charge in [0.15, 0.2) is 0 Å². The van der Waals surface area contributed by atoms with Crippen LogP contribution < -0.4 is 56.6 Å². The Hall–Kier alpha value is 2.09. The van der Waals surface area contributed by atoms with Crippen molar-refractivity contribution >= 4 is 26.2 Å². The summed E-state index contributed by atoms with van der Waals surface area (Å²) in [4.78, 5) is 0. The van der Waals surface area contributed by atoms with Crippen molar-refractivity contribution in [2.24, 2.45) is 0 Å². The van der Waals surface area contributed by atoms with Crippen molar-refractivity contribution in [3.05, 3.63) is 0 Å². The van der Waals surface area contributed by atoms with Gasteiger partial charge in [-0.05, 0) is 0 Å². The fourth-order valence-electron chi connectivity index (χ4n) is 0.137. The van der Waals surface area contributed by atoms with E-state index in [4.69, 9.17) is 0 Å². The molecule has 1 aliphatic rings. The van der Waals surface area contributed by atoms with Gasteiger partial charge < -0.3 is 1.43 Å². The first-order valence-corrected chi connectivity index (χ1v) is 6.47. The summed E-state index contributed by atoms with van der Waals surface area (Å²) in [6.07, 6.45) is 0. The zero-order valence-corrected chi connectivity index (χ0v) is 10.3. The Morgan fingerprint density at radius 3 is 1.90 bits per heavy atom. The number of hydrogen-bond donors (Lipinski definition) is 1. The molecule has 1 saturated heterocycles. The van der Waals surface area contributed by atoms with Crippen LogP contribution in [0.3, 0.4) is 0 Å². The molecule has 0 aromatic carbocycles. The fourth-order valence-corrected chi connectivity index (χ4v) is 2.04. The molecule has 0 saturated carbocycles. The number of rotatable bonds is 1. The van der Waals surface area contributed by atoms with Gasteiger partial charge in [-0.1, -0.05) is 0 Å². The Labute approximate surface area is 104 Å². The van der Waals surface area contributed by atoms with Crippen molar-refractivity contribution in [2.45, 2.75) is 0 Å². The summed E-state index contributed by atoms with van der Waals surface area (Å²) < 4.78 is 47.3. The molecular formula is H2ClF2KNO3PS. The van der Waals surface area contributed by atoms with Gasteiger partial charge in [0.05, 0.1) is 0 Å². The minimum Gasteiger partial charge on any atom is -1.00 e. The van der Waals surface area contributed by atoms with Gasteiger partial charge in [0.25, 0.3) is 0 Å². The van der Waals surface area contributed by atoms with Gasteiger partial charge in [-0.2, -0.15) is 0 Å². The third kappa shape index (κ3) is 1.87. The molecule has 1 heterocycles. The minimum absolute atomic E-state index is 0. The molecule has 1 aliphatic heterocycles. The molecule has 0 aliphatic carbocycles. The van der Waals surface area contributed by atoms with Crippen molar-refractivity contribution in [1.29, 1.82) is 0 Å². The van der Waals surface area contributed by atoms with Gasteiger partial charge in [-0.15, -0.1) is 0 Å². The molecule has 0 atom stereocenters. The average Bonchev–Trinajstić information content (AvgIpc) is 2.14. The van der Waals surface area contributed by atoms with Crippen LogP contribution in [-0.2, 0) is 13.3 Å². The van der Waals surface area contributed by atoms with E-state index in [0.717, 1.165) is 5.25 Å². The molecule has 1 fully saturated rings. The van der Waals surface area contributed by atoms with E-state index in [-0.39, 0.29) is 52.8 Å². The third-order valence-corrected chi connectivity index (χ3v) is 6.69. The molecule has 0 bridgehead atoms. The predicted molar refractivity (Wildman–Crippen MR) is 29.2 cm³/mol.